The zero-order valence-corrected chi connectivity index (χ0v) is 14.6. The van der Waals surface area contributed by atoms with Gasteiger partial charge in [-0.25, -0.2) is 0 Å². The molecule has 0 aliphatic rings. The Morgan fingerprint density at radius 1 is 1.12 bits per heavy atom. The second-order valence-electron chi connectivity index (χ2n) is 5.44. The average Bonchev–Trinajstić information content (AvgIpc) is 2.57. The molecular formula is C19H18ClN3O. The van der Waals surface area contributed by atoms with Gasteiger partial charge < -0.3 is 10.1 Å². The summed E-state index contributed by atoms with van der Waals surface area (Å²) in [6.45, 7) is 4.14. The zero-order chi connectivity index (χ0) is 16.4. The van der Waals surface area contributed by atoms with Crippen molar-refractivity contribution in [3.8, 4) is 11.8 Å². The summed E-state index contributed by atoms with van der Waals surface area (Å²) >= 11 is 0. The van der Waals surface area contributed by atoms with Gasteiger partial charge in [-0.05, 0) is 43.2 Å². The van der Waals surface area contributed by atoms with Crippen molar-refractivity contribution in [3.63, 3.8) is 0 Å². The Kier molecular flexibility index (Phi) is 5.28. The van der Waals surface area contributed by atoms with E-state index in [1.165, 1.54) is 11.1 Å². The van der Waals surface area contributed by atoms with Gasteiger partial charge in [0.15, 0.2) is 0 Å². The van der Waals surface area contributed by atoms with Crippen LogP contribution in [0.5, 0.6) is 5.75 Å². The Bertz CT molecular complexity index is 932. The predicted octanol–water partition coefficient (Wildman–Crippen LogP) is 4.90. The maximum atomic E-state index is 9.42. The van der Waals surface area contributed by atoms with Crippen LogP contribution in [-0.4, -0.2) is 12.1 Å². The van der Waals surface area contributed by atoms with Gasteiger partial charge in [0.1, 0.15) is 17.3 Å². The highest BCUT2D eigenvalue weighted by Crippen LogP contribution is 2.33. The number of pyridine rings is 1. The van der Waals surface area contributed by atoms with Crippen LogP contribution in [0.2, 0.25) is 0 Å². The summed E-state index contributed by atoms with van der Waals surface area (Å²) in [4.78, 5) is 4.37. The highest BCUT2D eigenvalue weighted by molar-refractivity contribution is 5.98. The summed E-state index contributed by atoms with van der Waals surface area (Å²) in [6.07, 6.45) is 1.58. The molecule has 1 heterocycles. The van der Waals surface area contributed by atoms with Gasteiger partial charge >= 0.3 is 0 Å². The molecule has 0 radical (unpaired) electrons. The lowest BCUT2D eigenvalue weighted by Gasteiger charge is -2.14. The van der Waals surface area contributed by atoms with E-state index in [-0.39, 0.29) is 12.4 Å². The number of aromatic nitrogens is 1. The normalized spacial score (nSPS) is 9.92. The number of anilines is 2. The Balaban J connectivity index is 0.00000208. The number of methoxy groups -OCH3 is 1. The van der Waals surface area contributed by atoms with E-state index < -0.39 is 0 Å². The summed E-state index contributed by atoms with van der Waals surface area (Å²) in [6, 6.07) is 14.1. The highest BCUT2D eigenvalue weighted by atomic mass is 35.5. The van der Waals surface area contributed by atoms with Crippen molar-refractivity contribution >= 4 is 34.7 Å². The first-order valence-electron chi connectivity index (χ1n) is 7.34. The van der Waals surface area contributed by atoms with E-state index in [4.69, 9.17) is 4.74 Å². The third kappa shape index (κ3) is 3.12. The molecule has 3 rings (SSSR count). The minimum absolute atomic E-state index is 0. The zero-order valence-electron chi connectivity index (χ0n) is 13.8. The lowest BCUT2D eigenvalue weighted by Crippen LogP contribution is -1.98. The van der Waals surface area contributed by atoms with Crippen molar-refractivity contribution in [1.29, 1.82) is 5.26 Å². The molecule has 0 saturated heterocycles. The molecule has 0 spiro atoms. The van der Waals surface area contributed by atoms with Crippen molar-refractivity contribution in [2.24, 2.45) is 0 Å². The van der Waals surface area contributed by atoms with Crippen LogP contribution in [0.25, 0.3) is 10.9 Å². The average molecular weight is 340 g/mol. The molecule has 24 heavy (non-hydrogen) atoms. The molecule has 0 aliphatic heterocycles. The third-order valence-corrected chi connectivity index (χ3v) is 3.98. The van der Waals surface area contributed by atoms with Crippen LogP contribution in [0.3, 0.4) is 0 Å². The van der Waals surface area contributed by atoms with E-state index in [9.17, 15) is 5.26 Å². The summed E-state index contributed by atoms with van der Waals surface area (Å²) in [5.41, 5.74) is 5.37. The Labute approximate surface area is 147 Å². The number of nitrogens with zero attached hydrogens (tertiary/aromatic N) is 2. The van der Waals surface area contributed by atoms with E-state index in [0.717, 1.165) is 22.3 Å². The van der Waals surface area contributed by atoms with Gasteiger partial charge in [-0.2, -0.15) is 5.26 Å². The Morgan fingerprint density at radius 2 is 1.92 bits per heavy atom. The fourth-order valence-corrected chi connectivity index (χ4v) is 2.54. The van der Waals surface area contributed by atoms with Gasteiger partial charge in [0.25, 0.3) is 0 Å². The molecule has 3 aromatic rings. The molecule has 122 valence electrons. The number of hydrogen-bond acceptors (Lipinski definition) is 4. The number of rotatable bonds is 3. The molecule has 2 aromatic carbocycles. The minimum Gasteiger partial charge on any atom is -0.494 e. The summed E-state index contributed by atoms with van der Waals surface area (Å²) in [7, 11) is 1.62. The Morgan fingerprint density at radius 3 is 2.58 bits per heavy atom. The standard InChI is InChI=1S/C19H17N3O.ClH/c1-12-7-8-15(9-13(12)2)22-18-14(10-20)11-21-19-16(18)5-4-6-17(19)23-3;/h4-9,11H,1-3H3,(H,21,22);1H. The topological polar surface area (TPSA) is 57.9 Å². The molecule has 0 unspecified atom stereocenters. The third-order valence-electron chi connectivity index (χ3n) is 3.98. The molecule has 5 heteroatoms. The molecule has 1 N–H and O–H groups in total. The fourth-order valence-electron chi connectivity index (χ4n) is 2.54. The molecule has 0 aliphatic carbocycles. The van der Waals surface area contributed by atoms with E-state index in [1.807, 2.05) is 24.3 Å². The monoisotopic (exact) mass is 339 g/mol. The first-order valence-corrected chi connectivity index (χ1v) is 7.34. The summed E-state index contributed by atoms with van der Waals surface area (Å²) < 4.78 is 5.37. The lowest BCUT2D eigenvalue weighted by molar-refractivity contribution is 0.419. The van der Waals surface area contributed by atoms with Crippen LogP contribution in [0.4, 0.5) is 11.4 Å². The largest absolute Gasteiger partial charge is 0.494 e. The van der Waals surface area contributed by atoms with Gasteiger partial charge in [0.05, 0.1) is 18.4 Å². The number of halogens is 1. The van der Waals surface area contributed by atoms with Gasteiger partial charge in [-0.1, -0.05) is 18.2 Å². The summed E-state index contributed by atoms with van der Waals surface area (Å²) in [5.74, 6) is 0.690. The molecule has 1 aromatic heterocycles. The number of nitriles is 1. The van der Waals surface area contributed by atoms with Crippen molar-refractivity contribution in [2.75, 3.05) is 12.4 Å². The molecule has 0 atom stereocenters. The lowest BCUT2D eigenvalue weighted by atomic mass is 10.1. The van der Waals surface area contributed by atoms with Crippen LogP contribution in [0, 0.1) is 25.2 Å². The van der Waals surface area contributed by atoms with Gasteiger partial charge in [0.2, 0.25) is 0 Å². The van der Waals surface area contributed by atoms with Crippen molar-refractivity contribution in [1.82, 2.24) is 4.98 Å². The number of fused-ring (bicyclic) bond motifs is 1. The number of ether oxygens (including phenoxy) is 1. The van der Waals surface area contributed by atoms with E-state index >= 15 is 0 Å². The van der Waals surface area contributed by atoms with Crippen LogP contribution < -0.4 is 10.1 Å². The van der Waals surface area contributed by atoms with Crippen molar-refractivity contribution in [2.45, 2.75) is 13.8 Å². The fraction of sp³-hybridized carbons (Fsp3) is 0.158. The van der Waals surface area contributed by atoms with Gasteiger partial charge in [-0.3, -0.25) is 4.98 Å². The number of para-hydroxylation sites is 1. The highest BCUT2D eigenvalue weighted by Gasteiger charge is 2.12. The molecule has 0 amide bonds. The van der Waals surface area contributed by atoms with Crippen LogP contribution >= 0.6 is 12.4 Å². The first kappa shape index (κ1) is 17.6. The second-order valence-corrected chi connectivity index (χ2v) is 5.44. The Hall–Kier alpha value is -2.77. The van der Waals surface area contributed by atoms with Gasteiger partial charge in [-0.15, -0.1) is 12.4 Å². The van der Waals surface area contributed by atoms with Crippen molar-refractivity contribution < 1.29 is 4.74 Å². The number of nitrogens with one attached hydrogen (secondary N) is 1. The SMILES string of the molecule is COc1cccc2c(Nc3ccc(C)c(C)c3)c(C#N)cnc12.Cl. The molecular weight excluding hydrogens is 322 g/mol. The van der Waals surface area contributed by atoms with Crippen LogP contribution in [0.15, 0.2) is 42.6 Å². The smallest absolute Gasteiger partial charge is 0.145 e. The summed E-state index contributed by atoms with van der Waals surface area (Å²) in [5, 5.41) is 13.7. The predicted molar refractivity (Wildman–Crippen MR) is 99.5 cm³/mol. The van der Waals surface area contributed by atoms with Gasteiger partial charge in [0, 0.05) is 17.3 Å². The molecule has 0 bridgehead atoms. The molecule has 0 fully saturated rings. The maximum absolute atomic E-state index is 9.42. The van der Waals surface area contributed by atoms with Crippen LogP contribution in [-0.2, 0) is 0 Å². The van der Waals surface area contributed by atoms with E-state index in [2.05, 4.69) is 42.4 Å². The van der Waals surface area contributed by atoms with Crippen molar-refractivity contribution in [3.05, 3.63) is 59.3 Å². The number of hydrogen-bond donors (Lipinski definition) is 1. The maximum Gasteiger partial charge on any atom is 0.145 e. The number of benzene rings is 2. The van der Waals surface area contributed by atoms with E-state index in [1.54, 1.807) is 13.3 Å². The molecule has 4 nitrogen and oxygen atoms in total. The quantitative estimate of drug-likeness (QED) is 0.737. The van der Waals surface area contributed by atoms with Crippen LogP contribution in [0.1, 0.15) is 16.7 Å². The minimum atomic E-state index is 0. The first-order chi connectivity index (χ1) is 11.1. The van der Waals surface area contributed by atoms with E-state index in [0.29, 0.717) is 11.3 Å². The second kappa shape index (κ2) is 7.20. The number of aryl methyl sites for hydroxylation is 2. The molecule has 0 saturated carbocycles.